The van der Waals surface area contributed by atoms with Gasteiger partial charge in [0.1, 0.15) is 0 Å². The molecule has 0 bridgehead atoms. The van der Waals surface area contributed by atoms with Gasteiger partial charge in [-0.25, -0.2) is 0 Å². The molecule has 3 heteroatoms. The molecule has 0 heterocycles. The van der Waals surface area contributed by atoms with Gasteiger partial charge in [-0.05, 0) is 24.3 Å². The molecule has 1 aromatic carbocycles. The Balaban J connectivity index is 1.70. The van der Waals surface area contributed by atoms with E-state index in [1.54, 1.807) is 7.11 Å². The maximum Gasteiger partial charge on any atom is 0.0833 e. The fourth-order valence-electron chi connectivity index (χ4n) is 2.38. The van der Waals surface area contributed by atoms with E-state index < -0.39 is 0 Å². The first-order valence-electron chi connectivity index (χ1n) is 6.12. The normalized spacial score (nSPS) is 28.5. The van der Waals surface area contributed by atoms with Crippen LogP contribution in [0.1, 0.15) is 18.4 Å². The van der Waals surface area contributed by atoms with Crippen LogP contribution in [0.15, 0.2) is 30.3 Å². The maximum atomic E-state index is 9.70. The lowest BCUT2D eigenvalue weighted by Crippen LogP contribution is -2.20. The molecule has 0 aliphatic heterocycles. The van der Waals surface area contributed by atoms with Crippen molar-refractivity contribution >= 4 is 0 Å². The molecule has 94 valence electrons. The van der Waals surface area contributed by atoms with Crippen LogP contribution < -0.4 is 0 Å². The maximum absolute atomic E-state index is 9.70. The van der Waals surface area contributed by atoms with E-state index in [0.29, 0.717) is 19.1 Å². The van der Waals surface area contributed by atoms with Gasteiger partial charge in [0.2, 0.25) is 0 Å². The van der Waals surface area contributed by atoms with Gasteiger partial charge in [0.25, 0.3) is 0 Å². The molecule has 1 unspecified atom stereocenters. The number of methoxy groups -OCH3 is 1. The van der Waals surface area contributed by atoms with Gasteiger partial charge in [0.15, 0.2) is 0 Å². The molecule has 3 nitrogen and oxygen atoms in total. The van der Waals surface area contributed by atoms with E-state index in [0.717, 1.165) is 12.8 Å². The Kier molecular flexibility index (Phi) is 4.54. The highest BCUT2D eigenvalue weighted by Crippen LogP contribution is 2.28. The fourth-order valence-corrected chi connectivity index (χ4v) is 2.38. The van der Waals surface area contributed by atoms with Gasteiger partial charge in [-0.3, -0.25) is 0 Å². The number of hydrogen-bond acceptors (Lipinski definition) is 3. The Labute approximate surface area is 102 Å². The van der Waals surface area contributed by atoms with E-state index in [-0.39, 0.29) is 12.2 Å². The van der Waals surface area contributed by atoms with Crippen molar-refractivity contribution in [2.45, 2.75) is 31.7 Å². The topological polar surface area (TPSA) is 38.7 Å². The van der Waals surface area contributed by atoms with E-state index >= 15 is 0 Å². The number of rotatable bonds is 5. The highest BCUT2D eigenvalue weighted by Gasteiger charge is 2.32. The molecule has 17 heavy (non-hydrogen) atoms. The van der Waals surface area contributed by atoms with E-state index in [1.165, 1.54) is 5.56 Å². The largest absolute Gasteiger partial charge is 0.390 e. The van der Waals surface area contributed by atoms with Crippen molar-refractivity contribution in [2.75, 3.05) is 13.7 Å². The summed E-state index contributed by atoms with van der Waals surface area (Å²) in [7, 11) is 1.65. The second-order valence-corrected chi connectivity index (χ2v) is 4.68. The molecule has 2 rings (SSSR count). The van der Waals surface area contributed by atoms with Crippen LogP contribution in [0.2, 0.25) is 0 Å². The van der Waals surface area contributed by atoms with Crippen molar-refractivity contribution in [3.63, 3.8) is 0 Å². The first kappa shape index (κ1) is 12.6. The smallest absolute Gasteiger partial charge is 0.0833 e. The highest BCUT2D eigenvalue weighted by atomic mass is 16.5. The second kappa shape index (κ2) is 6.15. The van der Waals surface area contributed by atoms with Gasteiger partial charge in [0, 0.05) is 7.11 Å². The van der Waals surface area contributed by atoms with Crippen molar-refractivity contribution in [1.29, 1.82) is 0 Å². The van der Waals surface area contributed by atoms with Gasteiger partial charge in [-0.15, -0.1) is 0 Å². The Morgan fingerprint density at radius 3 is 2.65 bits per heavy atom. The molecule has 0 saturated heterocycles. The number of aliphatic hydroxyl groups is 1. The first-order chi connectivity index (χ1) is 8.29. The molecule has 3 atom stereocenters. The van der Waals surface area contributed by atoms with Crippen LogP contribution >= 0.6 is 0 Å². The summed E-state index contributed by atoms with van der Waals surface area (Å²) in [6, 6.07) is 10.1. The minimum atomic E-state index is -0.328. The monoisotopic (exact) mass is 236 g/mol. The molecule has 0 radical (unpaired) electrons. The molecule has 1 fully saturated rings. The Hall–Kier alpha value is -0.900. The van der Waals surface area contributed by atoms with Gasteiger partial charge in [-0.2, -0.15) is 0 Å². The first-order valence-corrected chi connectivity index (χ1v) is 6.12. The van der Waals surface area contributed by atoms with E-state index in [4.69, 9.17) is 9.47 Å². The third-order valence-electron chi connectivity index (χ3n) is 3.34. The standard InChI is InChI=1S/C14H20O3/c1-16-14-8-12(7-13(14)15)10-17-9-11-5-3-2-4-6-11/h2-6,12-15H,7-10H2,1H3/t12?,13-,14-/m0/s1. The van der Waals surface area contributed by atoms with Crippen LogP contribution in [0.4, 0.5) is 0 Å². The molecule has 0 aromatic heterocycles. The van der Waals surface area contributed by atoms with Gasteiger partial charge < -0.3 is 14.6 Å². The Bertz CT molecular complexity index is 325. The molecule has 0 spiro atoms. The fraction of sp³-hybridized carbons (Fsp3) is 0.571. The number of aliphatic hydroxyl groups excluding tert-OH is 1. The quantitative estimate of drug-likeness (QED) is 0.849. The SMILES string of the molecule is CO[C@H]1CC(COCc2ccccc2)C[C@@H]1O. The van der Waals surface area contributed by atoms with Crippen LogP contribution in [0.5, 0.6) is 0 Å². The number of ether oxygens (including phenoxy) is 2. The summed E-state index contributed by atoms with van der Waals surface area (Å²) < 4.78 is 10.9. The zero-order chi connectivity index (χ0) is 12.1. The summed E-state index contributed by atoms with van der Waals surface area (Å²) in [5.41, 5.74) is 1.19. The number of benzene rings is 1. The minimum Gasteiger partial charge on any atom is -0.390 e. The third kappa shape index (κ3) is 3.53. The van der Waals surface area contributed by atoms with E-state index in [9.17, 15) is 5.11 Å². The average molecular weight is 236 g/mol. The van der Waals surface area contributed by atoms with Crippen molar-refractivity contribution in [3.05, 3.63) is 35.9 Å². The second-order valence-electron chi connectivity index (χ2n) is 4.68. The molecule has 1 aliphatic rings. The van der Waals surface area contributed by atoms with Gasteiger partial charge in [0.05, 0.1) is 25.4 Å². The molecular formula is C14H20O3. The zero-order valence-electron chi connectivity index (χ0n) is 10.2. The van der Waals surface area contributed by atoms with E-state index in [2.05, 4.69) is 12.1 Å². The number of hydrogen-bond donors (Lipinski definition) is 1. The minimum absolute atomic E-state index is 0.0136. The lowest BCUT2D eigenvalue weighted by molar-refractivity contribution is 0.00960. The van der Waals surface area contributed by atoms with Crippen molar-refractivity contribution in [3.8, 4) is 0 Å². The zero-order valence-corrected chi connectivity index (χ0v) is 10.2. The van der Waals surface area contributed by atoms with E-state index in [1.807, 2.05) is 18.2 Å². The summed E-state index contributed by atoms with van der Waals surface area (Å²) in [6.07, 6.45) is 1.34. The van der Waals surface area contributed by atoms with Crippen LogP contribution in [0.25, 0.3) is 0 Å². The van der Waals surface area contributed by atoms with Crippen LogP contribution in [-0.4, -0.2) is 31.0 Å². The van der Waals surface area contributed by atoms with Gasteiger partial charge >= 0.3 is 0 Å². The summed E-state index contributed by atoms with van der Waals surface area (Å²) in [6.45, 7) is 1.34. The van der Waals surface area contributed by atoms with Crippen LogP contribution in [0, 0.1) is 5.92 Å². The highest BCUT2D eigenvalue weighted by molar-refractivity contribution is 5.13. The molecular weight excluding hydrogens is 216 g/mol. The molecule has 1 saturated carbocycles. The van der Waals surface area contributed by atoms with Crippen molar-refractivity contribution < 1.29 is 14.6 Å². The van der Waals surface area contributed by atoms with Gasteiger partial charge in [-0.1, -0.05) is 30.3 Å². The summed E-state index contributed by atoms with van der Waals surface area (Å²) >= 11 is 0. The van der Waals surface area contributed by atoms with Crippen molar-refractivity contribution in [2.24, 2.45) is 5.92 Å². The van der Waals surface area contributed by atoms with Crippen molar-refractivity contribution in [1.82, 2.24) is 0 Å². The van der Waals surface area contributed by atoms with Crippen LogP contribution in [-0.2, 0) is 16.1 Å². The van der Waals surface area contributed by atoms with Crippen LogP contribution in [0.3, 0.4) is 0 Å². The lowest BCUT2D eigenvalue weighted by Gasteiger charge is -2.11. The average Bonchev–Trinajstić information content (AvgIpc) is 2.71. The predicted octanol–water partition coefficient (Wildman–Crippen LogP) is 1.99. The Morgan fingerprint density at radius 2 is 2.00 bits per heavy atom. The lowest BCUT2D eigenvalue weighted by atomic mass is 10.1. The third-order valence-corrected chi connectivity index (χ3v) is 3.34. The Morgan fingerprint density at radius 1 is 1.24 bits per heavy atom. The molecule has 0 amide bonds. The predicted molar refractivity (Wildman–Crippen MR) is 65.6 cm³/mol. The summed E-state index contributed by atoms with van der Waals surface area (Å²) in [5.74, 6) is 0.415. The summed E-state index contributed by atoms with van der Waals surface area (Å²) in [4.78, 5) is 0. The molecule has 1 N–H and O–H groups in total. The molecule has 1 aromatic rings. The molecule has 1 aliphatic carbocycles. The summed E-state index contributed by atoms with van der Waals surface area (Å²) in [5, 5.41) is 9.70.